The fourth-order valence-electron chi connectivity index (χ4n) is 2.35. The van der Waals surface area contributed by atoms with Gasteiger partial charge in [-0.3, -0.25) is 4.79 Å². The van der Waals surface area contributed by atoms with Crippen molar-refractivity contribution in [1.29, 1.82) is 0 Å². The number of nitrogens with two attached hydrogens (primary N) is 1. The maximum atomic E-state index is 10.7. The highest BCUT2D eigenvalue weighted by atomic mass is 16.5. The molecule has 0 heterocycles. The molecule has 4 nitrogen and oxygen atoms in total. The molecule has 0 aliphatic heterocycles. The predicted molar refractivity (Wildman–Crippen MR) is 68.4 cm³/mol. The molecule has 4 heteroatoms. The van der Waals surface area contributed by atoms with E-state index in [9.17, 15) is 4.79 Å². The summed E-state index contributed by atoms with van der Waals surface area (Å²) in [5, 5.41) is 8.77. The molecule has 1 aromatic carbocycles. The van der Waals surface area contributed by atoms with E-state index in [1.807, 2.05) is 18.2 Å². The zero-order valence-corrected chi connectivity index (χ0v) is 10.6. The Morgan fingerprint density at radius 2 is 2.28 bits per heavy atom. The van der Waals surface area contributed by atoms with Crippen LogP contribution in [0.5, 0.6) is 0 Å². The smallest absolute Gasteiger partial charge is 0.305 e. The molecule has 0 saturated heterocycles. The summed E-state index contributed by atoms with van der Waals surface area (Å²) in [5.41, 5.74) is 8.12. The Hall–Kier alpha value is -1.39. The summed E-state index contributed by atoms with van der Waals surface area (Å²) in [6.07, 6.45) is 2.21. The van der Waals surface area contributed by atoms with Crippen LogP contribution in [0, 0.1) is 0 Å². The van der Waals surface area contributed by atoms with E-state index < -0.39 is 12.0 Å². The average molecular weight is 249 g/mol. The number of carboxylic acid groups (broad SMARTS) is 1. The monoisotopic (exact) mass is 249 g/mol. The van der Waals surface area contributed by atoms with E-state index in [4.69, 9.17) is 15.6 Å². The van der Waals surface area contributed by atoms with Gasteiger partial charge in [-0.25, -0.2) is 0 Å². The molecular weight excluding hydrogens is 230 g/mol. The number of carboxylic acids is 1. The predicted octanol–water partition coefficient (Wildman–Crippen LogP) is 1.84. The van der Waals surface area contributed by atoms with E-state index in [0.29, 0.717) is 6.61 Å². The zero-order valence-electron chi connectivity index (χ0n) is 10.6. The van der Waals surface area contributed by atoms with E-state index in [2.05, 4.69) is 6.07 Å². The van der Waals surface area contributed by atoms with Crippen molar-refractivity contribution in [3.05, 3.63) is 35.4 Å². The summed E-state index contributed by atoms with van der Waals surface area (Å²) in [7, 11) is 1.71. The number of rotatable bonds is 6. The number of ether oxygens (including phenoxy) is 1. The summed E-state index contributed by atoms with van der Waals surface area (Å²) in [5.74, 6) is -0.870. The van der Waals surface area contributed by atoms with Crippen molar-refractivity contribution in [1.82, 2.24) is 0 Å². The average Bonchev–Trinajstić information content (AvgIpc) is 3.10. The molecule has 1 aliphatic rings. The highest BCUT2D eigenvalue weighted by molar-refractivity contribution is 5.67. The van der Waals surface area contributed by atoms with Gasteiger partial charge in [0.2, 0.25) is 0 Å². The maximum absolute atomic E-state index is 10.7. The van der Waals surface area contributed by atoms with Gasteiger partial charge in [0.25, 0.3) is 0 Å². The number of aliphatic carboxylic acids is 1. The van der Waals surface area contributed by atoms with Gasteiger partial charge in [0.05, 0.1) is 13.0 Å². The fourth-order valence-corrected chi connectivity index (χ4v) is 2.35. The van der Waals surface area contributed by atoms with Gasteiger partial charge in [-0.15, -0.1) is 0 Å². The molecule has 2 rings (SSSR count). The lowest BCUT2D eigenvalue weighted by Crippen LogP contribution is -2.18. The van der Waals surface area contributed by atoms with E-state index in [1.165, 1.54) is 5.56 Å². The third-order valence-corrected chi connectivity index (χ3v) is 3.60. The van der Waals surface area contributed by atoms with Gasteiger partial charge in [-0.2, -0.15) is 0 Å². The van der Waals surface area contributed by atoms with Crippen molar-refractivity contribution in [2.75, 3.05) is 13.7 Å². The van der Waals surface area contributed by atoms with Crippen LogP contribution < -0.4 is 5.73 Å². The van der Waals surface area contributed by atoms with Crippen LogP contribution in [-0.2, 0) is 14.9 Å². The minimum Gasteiger partial charge on any atom is -0.481 e. The van der Waals surface area contributed by atoms with Gasteiger partial charge in [0.15, 0.2) is 0 Å². The fraction of sp³-hybridized carbons (Fsp3) is 0.500. The quantitative estimate of drug-likeness (QED) is 0.807. The highest BCUT2D eigenvalue weighted by Gasteiger charge is 2.44. The first-order chi connectivity index (χ1) is 8.57. The van der Waals surface area contributed by atoms with Gasteiger partial charge in [0.1, 0.15) is 0 Å². The van der Waals surface area contributed by atoms with Crippen LogP contribution in [0.2, 0.25) is 0 Å². The number of hydrogen-bond acceptors (Lipinski definition) is 3. The molecule has 1 saturated carbocycles. The Morgan fingerprint density at radius 1 is 1.56 bits per heavy atom. The molecule has 1 fully saturated rings. The Balaban J connectivity index is 2.17. The van der Waals surface area contributed by atoms with Crippen molar-refractivity contribution in [2.45, 2.75) is 30.7 Å². The van der Waals surface area contributed by atoms with Gasteiger partial charge in [-0.1, -0.05) is 24.3 Å². The molecule has 1 unspecified atom stereocenters. The van der Waals surface area contributed by atoms with Crippen molar-refractivity contribution in [2.24, 2.45) is 5.73 Å². The summed E-state index contributed by atoms with van der Waals surface area (Å²) in [6.45, 7) is 0.713. The first-order valence-electron chi connectivity index (χ1n) is 6.14. The topological polar surface area (TPSA) is 72.5 Å². The molecule has 0 aromatic heterocycles. The standard InChI is InChI=1S/C14H19NO3/c1-18-9-14(5-6-14)11-4-2-3-10(7-11)12(15)8-13(16)17/h2-4,7,12H,5-6,8-9,15H2,1H3,(H,16,17). The van der Waals surface area contributed by atoms with Crippen LogP contribution in [0.25, 0.3) is 0 Å². The van der Waals surface area contributed by atoms with Crippen LogP contribution in [-0.4, -0.2) is 24.8 Å². The molecule has 1 aromatic rings. The molecular formula is C14H19NO3. The largest absolute Gasteiger partial charge is 0.481 e. The normalized spacial score (nSPS) is 18.3. The minimum absolute atomic E-state index is 0.0409. The van der Waals surface area contributed by atoms with Crippen LogP contribution in [0.15, 0.2) is 24.3 Å². The van der Waals surface area contributed by atoms with Crippen molar-refractivity contribution in [3.8, 4) is 0 Å². The number of benzene rings is 1. The van der Waals surface area contributed by atoms with Crippen LogP contribution in [0.4, 0.5) is 0 Å². The van der Waals surface area contributed by atoms with E-state index in [1.54, 1.807) is 7.11 Å². The van der Waals surface area contributed by atoms with Gasteiger partial charge in [0, 0.05) is 18.6 Å². The molecule has 3 N–H and O–H groups in total. The van der Waals surface area contributed by atoms with E-state index >= 15 is 0 Å². The Morgan fingerprint density at radius 3 is 2.83 bits per heavy atom. The Bertz CT molecular complexity index is 440. The van der Waals surface area contributed by atoms with E-state index in [-0.39, 0.29) is 11.8 Å². The zero-order chi connectivity index (χ0) is 13.2. The van der Waals surface area contributed by atoms with Gasteiger partial charge in [-0.05, 0) is 24.0 Å². The summed E-state index contributed by atoms with van der Waals surface area (Å²) in [6, 6.07) is 7.49. The van der Waals surface area contributed by atoms with Crippen molar-refractivity contribution < 1.29 is 14.6 Å². The minimum atomic E-state index is -0.870. The number of carbonyl (C=O) groups is 1. The lowest BCUT2D eigenvalue weighted by molar-refractivity contribution is -0.137. The van der Waals surface area contributed by atoms with Gasteiger partial charge >= 0.3 is 5.97 Å². The third-order valence-electron chi connectivity index (χ3n) is 3.60. The Labute approximate surface area is 107 Å². The number of hydrogen-bond donors (Lipinski definition) is 2. The molecule has 1 atom stereocenters. The molecule has 0 bridgehead atoms. The third kappa shape index (κ3) is 2.71. The number of methoxy groups -OCH3 is 1. The lowest BCUT2D eigenvalue weighted by atomic mass is 9.93. The van der Waals surface area contributed by atoms with Crippen molar-refractivity contribution >= 4 is 5.97 Å². The molecule has 0 spiro atoms. The molecule has 0 amide bonds. The SMILES string of the molecule is COCC1(c2cccc(C(N)CC(=O)O)c2)CC1. The molecule has 98 valence electrons. The molecule has 1 aliphatic carbocycles. The van der Waals surface area contributed by atoms with Crippen LogP contribution >= 0.6 is 0 Å². The Kier molecular flexibility index (Phi) is 3.68. The second-order valence-corrected chi connectivity index (χ2v) is 5.04. The van der Waals surface area contributed by atoms with Crippen LogP contribution in [0.1, 0.15) is 36.4 Å². The first kappa shape index (κ1) is 13.1. The second-order valence-electron chi connectivity index (χ2n) is 5.04. The summed E-state index contributed by atoms with van der Waals surface area (Å²) in [4.78, 5) is 10.7. The maximum Gasteiger partial charge on any atom is 0.305 e. The lowest BCUT2D eigenvalue weighted by Gasteiger charge is -2.17. The van der Waals surface area contributed by atoms with Crippen molar-refractivity contribution in [3.63, 3.8) is 0 Å². The van der Waals surface area contributed by atoms with E-state index in [0.717, 1.165) is 18.4 Å². The van der Waals surface area contributed by atoms with Gasteiger partial charge < -0.3 is 15.6 Å². The highest BCUT2D eigenvalue weighted by Crippen LogP contribution is 2.48. The summed E-state index contributed by atoms with van der Waals surface area (Å²) < 4.78 is 5.26. The first-order valence-corrected chi connectivity index (χ1v) is 6.14. The van der Waals surface area contributed by atoms with Crippen LogP contribution in [0.3, 0.4) is 0 Å². The second kappa shape index (κ2) is 5.08. The molecule has 0 radical (unpaired) electrons. The summed E-state index contributed by atoms with van der Waals surface area (Å²) >= 11 is 0. The molecule has 18 heavy (non-hydrogen) atoms.